The van der Waals surface area contributed by atoms with E-state index in [9.17, 15) is 28.1 Å². The molecule has 37 heavy (non-hydrogen) atoms. The van der Waals surface area contributed by atoms with Gasteiger partial charge < -0.3 is 10.1 Å². The molecule has 0 unspecified atom stereocenters. The van der Waals surface area contributed by atoms with E-state index >= 15 is 0 Å². The van der Waals surface area contributed by atoms with Crippen LogP contribution in [0, 0.1) is 10.1 Å². The van der Waals surface area contributed by atoms with Crippen LogP contribution in [0.4, 0.5) is 17.1 Å². The number of nitrogens with zero attached hydrogens (tertiary/aromatic N) is 3. The standard InChI is InChI=1S/C24H21N5O7S/c1-2-36-18-9-11-19(12-10-18)37(34,35)28(16-6-4-3-5-7-16)15-22(30)26-27-23-20-14-17(29(32)33)8-13-21(20)25-24(23)31/h3-14H,2,15H2,1H3,(H,26,30)(H,25,27,31). The summed E-state index contributed by atoms with van der Waals surface area (Å²) < 4.78 is 33.2. The first-order valence-corrected chi connectivity index (χ1v) is 12.4. The quantitative estimate of drug-likeness (QED) is 0.322. The van der Waals surface area contributed by atoms with Gasteiger partial charge in [-0.2, -0.15) is 5.10 Å². The van der Waals surface area contributed by atoms with Crippen LogP contribution in [0.5, 0.6) is 5.75 Å². The van der Waals surface area contributed by atoms with E-state index in [1.165, 1.54) is 48.5 Å². The van der Waals surface area contributed by atoms with Crippen molar-refractivity contribution >= 4 is 44.6 Å². The van der Waals surface area contributed by atoms with Crippen LogP contribution in [0.2, 0.25) is 0 Å². The number of amides is 2. The average molecular weight is 524 g/mol. The summed E-state index contributed by atoms with van der Waals surface area (Å²) in [5.74, 6) is -1.01. The third kappa shape index (κ3) is 5.41. The summed E-state index contributed by atoms with van der Waals surface area (Å²) in [6.45, 7) is 1.57. The Kier molecular flexibility index (Phi) is 7.15. The number of hydrogen-bond donors (Lipinski definition) is 2. The Morgan fingerprint density at radius 1 is 1.11 bits per heavy atom. The monoisotopic (exact) mass is 523 g/mol. The van der Waals surface area contributed by atoms with Crippen molar-refractivity contribution in [2.45, 2.75) is 11.8 Å². The van der Waals surface area contributed by atoms with Crippen LogP contribution in [0.1, 0.15) is 12.5 Å². The number of nitro benzene ring substituents is 1. The van der Waals surface area contributed by atoms with E-state index in [0.29, 0.717) is 18.0 Å². The Labute approximate surface area is 211 Å². The minimum absolute atomic E-state index is 0.0599. The lowest BCUT2D eigenvalue weighted by molar-refractivity contribution is -0.384. The molecule has 3 aromatic carbocycles. The lowest BCUT2D eigenvalue weighted by atomic mass is 10.1. The summed E-state index contributed by atoms with van der Waals surface area (Å²) >= 11 is 0. The van der Waals surface area contributed by atoms with Crippen molar-refractivity contribution in [3.8, 4) is 5.75 Å². The molecule has 190 valence electrons. The summed E-state index contributed by atoms with van der Waals surface area (Å²) in [4.78, 5) is 35.5. The number of carbonyl (C=O) groups excluding carboxylic acids is 2. The number of ether oxygens (including phenoxy) is 1. The lowest BCUT2D eigenvalue weighted by Gasteiger charge is -2.23. The largest absolute Gasteiger partial charge is 0.494 e. The molecule has 0 bridgehead atoms. The van der Waals surface area contributed by atoms with Gasteiger partial charge in [0.15, 0.2) is 5.71 Å². The second-order valence-corrected chi connectivity index (χ2v) is 9.55. The maximum absolute atomic E-state index is 13.5. The first-order chi connectivity index (χ1) is 17.7. The van der Waals surface area contributed by atoms with Crippen LogP contribution in [0.25, 0.3) is 0 Å². The highest BCUT2D eigenvalue weighted by Crippen LogP contribution is 2.28. The fourth-order valence-corrected chi connectivity index (χ4v) is 4.98. The average Bonchev–Trinajstić information content (AvgIpc) is 3.21. The molecule has 13 heteroatoms. The number of sulfonamides is 1. The molecule has 0 saturated heterocycles. The van der Waals surface area contributed by atoms with Crippen LogP contribution >= 0.6 is 0 Å². The molecule has 0 aliphatic carbocycles. The van der Waals surface area contributed by atoms with Crippen molar-refractivity contribution < 1.29 is 27.7 Å². The van der Waals surface area contributed by atoms with Crippen LogP contribution < -0.4 is 19.8 Å². The van der Waals surface area contributed by atoms with Gasteiger partial charge in [0.2, 0.25) is 0 Å². The number of hydrogen-bond acceptors (Lipinski definition) is 8. The number of anilines is 2. The predicted octanol–water partition coefficient (Wildman–Crippen LogP) is 2.66. The summed E-state index contributed by atoms with van der Waals surface area (Å²) in [5, 5.41) is 17.4. The lowest BCUT2D eigenvalue weighted by Crippen LogP contribution is -2.40. The number of benzene rings is 3. The summed E-state index contributed by atoms with van der Waals surface area (Å²) in [7, 11) is -4.18. The van der Waals surface area contributed by atoms with Crippen molar-refractivity contribution in [1.29, 1.82) is 0 Å². The highest BCUT2D eigenvalue weighted by atomic mass is 32.2. The fourth-order valence-electron chi connectivity index (χ4n) is 3.56. The predicted molar refractivity (Wildman–Crippen MR) is 135 cm³/mol. The van der Waals surface area contributed by atoms with Gasteiger partial charge in [-0.05, 0) is 49.4 Å². The van der Waals surface area contributed by atoms with Gasteiger partial charge in [0.1, 0.15) is 12.3 Å². The molecular weight excluding hydrogens is 502 g/mol. The summed E-state index contributed by atoms with van der Waals surface area (Å²) in [5.41, 5.74) is 2.36. The second-order valence-electron chi connectivity index (χ2n) is 7.69. The fraction of sp³-hybridized carbons (Fsp3) is 0.125. The number of carbonyl (C=O) groups is 2. The molecule has 4 rings (SSSR count). The van der Waals surface area contributed by atoms with Gasteiger partial charge >= 0.3 is 0 Å². The Balaban J connectivity index is 1.60. The van der Waals surface area contributed by atoms with Crippen molar-refractivity contribution in [3.05, 3.63) is 88.5 Å². The molecule has 1 heterocycles. The second kappa shape index (κ2) is 10.5. The summed E-state index contributed by atoms with van der Waals surface area (Å²) in [6, 6.07) is 17.5. The Bertz CT molecular complexity index is 1490. The van der Waals surface area contributed by atoms with Crippen LogP contribution in [0.15, 0.2) is 82.8 Å². The van der Waals surface area contributed by atoms with Gasteiger partial charge in [-0.1, -0.05) is 18.2 Å². The zero-order valence-electron chi connectivity index (χ0n) is 19.5. The smallest absolute Gasteiger partial charge is 0.276 e. The SMILES string of the molecule is CCOc1ccc(S(=O)(=O)N(CC(=O)N/N=C2/C(=O)Nc3ccc([N+](=O)[O-])cc32)c2ccccc2)cc1. The van der Waals surface area contributed by atoms with Gasteiger partial charge in [-0.15, -0.1) is 0 Å². The maximum atomic E-state index is 13.5. The molecule has 0 saturated carbocycles. The molecule has 0 spiro atoms. The number of fused-ring (bicyclic) bond motifs is 1. The van der Waals surface area contributed by atoms with Crippen LogP contribution in [-0.2, 0) is 19.6 Å². The molecule has 0 atom stereocenters. The van der Waals surface area contributed by atoms with Gasteiger partial charge in [-0.25, -0.2) is 13.8 Å². The van der Waals surface area contributed by atoms with Gasteiger partial charge in [0.05, 0.1) is 27.8 Å². The molecule has 1 aliphatic rings. The van der Waals surface area contributed by atoms with Crippen molar-refractivity contribution in [3.63, 3.8) is 0 Å². The number of hydrazone groups is 1. The first kappa shape index (κ1) is 25.3. The van der Waals surface area contributed by atoms with E-state index in [4.69, 9.17) is 4.74 Å². The molecule has 12 nitrogen and oxygen atoms in total. The van der Waals surface area contributed by atoms with Crippen LogP contribution in [-0.4, -0.2) is 44.0 Å². The van der Waals surface area contributed by atoms with E-state index in [-0.39, 0.29) is 27.5 Å². The van der Waals surface area contributed by atoms with Crippen molar-refractivity contribution in [2.24, 2.45) is 5.10 Å². The number of para-hydroxylation sites is 1. The normalized spacial score (nSPS) is 13.5. The van der Waals surface area contributed by atoms with E-state index in [0.717, 1.165) is 10.4 Å². The Morgan fingerprint density at radius 3 is 2.46 bits per heavy atom. The van der Waals surface area contributed by atoms with Gasteiger partial charge in [0.25, 0.3) is 27.5 Å². The molecule has 2 N–H and O–H groups in total. The zero-order chi connectivity index (χ0) is 26.6. The molecule has 0 radical (unpaired) electrons. The zero-order valence-corrected chi connectivity index (χ0v) is 20.3. The van der Waals surface area contributed by atoms with E-state index in [2.05, 4.69) is 15.8 Å². The van der Waals surface area contributed by atoms with Crippen LogP contribution in [0.3, 0.4) is 0 Å². The van der Waals surface area contributed by atoms with Gasteiger partial charge in [0, 0.05) is 17.7 Å². The summed E-state index contributed by atoms with van der Waals surface area (Å²) in [6.07, 6.45) is 0. The number of non-ortho nitro benzene ring substituents is 1. The minimum Gasteiger partial charge on any atom is -0.494 e. The van der Waals surface area contributed by atoms with Crippen molar-refractivity contribution in [1.82, 2.24) is 5.43 Å². The third-order valence-electron chi connectivity index (χ3n) is 5.28. The molecule has 2 amide bonds. The third-order valence-corrected chi connectivity index (χ3v) is 7.07. The molecule has 3 aromatic rings. The maximum Gasteiger partial charge on any atom is 0.276 e. The van der Waals surface area contributed by atoms with E-state index < -0.39 is 33.3 Å². The topological polar surface area (TPSA) is 160 Å². The molecule has 0 fully saturated rings. The first-order valence-electron chi connectivity index (χ1n) is 11.0. The van der Waals surface area contributed by atoms with Gasteiger partial charge in [-0.3, -0.25) is 24.0 Å². The number of nitrogens with one attached hydrogen (secondary N) is 2. The van der Waals surface area contributed by atoms with Crippen molar-refractivity contribution in [2.75, 3.05) is 22.8 Å². The minimum atomic E-state index is -4.18. The molecular formula is C24H21N5O7S. The van der Waals surface area contributed by atoms with E-state index in [1.807, 2.05) is 0 Å². The Hall–Kier alpha value is -4.78. The molecule has 0 aromatic heterocycles. The number of nitro groups is 1. The highest BCUT2D eigenvalue weighted by molar-refractivity contribution is 7.92. The molecule has 1 aliphatic heterocycles. The Morgan fingerprint density at radius 2 is 1.81 bits per heavy atom. The van der Waals surface area contributed by atoms with E-state index in [1.54, 1.807) is 25.1 Å². The number of rotatable bonds is 9. The highest BCUT2D eigenvalue weighted by Gasteiger charge is 2.30.